The number of sulfonamides is 1. The molecule has 0 spiro atoms. The Morgan fingerprint density at radius 3 is 2.48 bits per heavy atom. The number of hydrogen-bond acceptors (Lipinski definition) is 5. The minimum atomic E-state index is -3.35. The number of nitrogens with one attached hydrogen (secondary N) is 1. The third-order valence-corrected chi connectivity index (χ3v) is 7.05. The van der Waals surface area contributed by atoms with Gasteiger partial charge in [0, 0.05) is 36.3 Å². The summed E-state index contributed by atoms with van der Waals surface area (Å²) < 4.78 is 30.9. The van der Waals surface area contributed by atoms with Crippen molar-refractivity contribution in [2.45, 2.75) is 31.7 Å². The van der Waals surface area contributed by atoms with Gasteiger partial charge in [-0.15, -0.1) is 0 Å². The molecule has 0 atom stereocenters. The molecule has 1 saturated carbocycles. The van der Waals surface area contributed by atoms with Crippen LogP contribution in [0.15, 0.2) is 57.9 Å². The zero-order chi connectivity index (χ0) is 23.0. The summed E-state index contributed by atoms with van der Waals surface area (Å²) in [6, 6.07) is 12.8. The zero-order valence-corrected chi connectivity index (χ0v) is 19.3. The minimum Gasteiger partial charge on any atom is -0.463 e. The standard InChI is InChI=1S/C26H26N2O4S/c1-33(30,31)27-21-11-9-20(10-12-21)24-17-32-25-14-18(8-13-23(25)26(24)29)6-7-19-15-28(16-19)22-4-2-3-5-22/h8-14,17,19,22,27H,2-5,15-16H2,1H3. The van der Waals surface area contributed by atoms with Gasteiger partial charge < -0.3 is 4.42 Å². The Hall–Kier alpha value is -3.08. The summed E-state index contributed by atoms with van der Waals surface area (Å²) in [5, 5.41) is 0.493. The second kappa shape index (κ2) is 8.69. The summed E-state index contributed by atoms with van der Waals surface area (Å²) >= 11 is 0. The fourth-order valence-electron chi connectivity index (χ4n) is 4.69. The predicted molar refractivity (Wildman–Crippen MR) is 131 cm³/mol. The van der Waals surface area contributed by atoms with Crippen LogP contribution in [-0.2, 0) is 10.0 Å². The van der Waals surface area contributed by atoms with Gasteiger partial charge in [0.2, 0.25) is 10.0 Å². The van der Waals surface area contributed by atoms with Crippen LogP contribution >= 0.6 is 0 Å². The van der Waals surface area contributed by atoms with Gasteiger partial charge in [-0.3, -0.25) is 14.4 Å². The molecular weight excluding hydrogens is 436 g/mol. The van der Waals surface area contributed by atoms with E-state index in [-0.39, 0.29) is 5.43 Å². The molecule has 2 fully saturated rings. The van der Waals surface area contributed by atoms with Crippen LogP contribution in [0.5, 0.6) is 0 Å². The second-order valence-electron chi connectivity index (χ2n) is 9.00. The van der Waals surface area contributed by atoms with E-state index in [9.17, 15) is 13.2 Å². The van der Waals surface area contributed by atoms with E-state index in [0.717, 1.165) is 31.0 Å². The van der Waals surface area contributed by atoms with Crippen LogP contribution in [0.2, 0.25) is 0 Å². The third-order valence-electron chi connectivity index (χ3n) is 6.45. The zero-order valence-electron chi connectivity index (χ0n) is 18.5. The number of fused-ring (bicyclic) bond motifs is 1. The van der Waals surface area contributed by atoms with Gasteiger partial charge in [-0.25, -0.2) is 8.42 Å². The van der Waals surface area contributed by atoms with Crippen molar-refractivity contribution in [2.24, 2.45) is 5.92 Å². The number of nitrogens with zero attached hydrogens (tertiary/aromatic N) is 1. The lowest BCUT2D eigenvalue weighted by molar-refractivity contribution is 0.0843. The number of likely N-dealkylation sites (tertiary alicyclic amines) is 1. The average Bonchev–Trinajstić information content (AvgIpc) is 3.27. The molecule has 0 bridgehead atoms. The molecule has 1 N–H and O–H groups in total. The van der Waals surface area contributed by atoms with Gasteiger partial charge in [0.25, 0.3) is 0 Å². The molecule has 1 saturated heterocycles. The van der Waals surface area contributed by atoms with Gasteiger partial charge in [-0.1, -0.05) is 36.8 Å². The molecule has 0 amide bonds. The molecule has 1 aliphatic heterocycles. The maximum absolute atomic E-state index is 13.0. The van der Waals surface area contributed by atoms with Crippen LogP contribution in [0, 0.1) is 17.8 Å². The molecule has 1 aromatic heterocycles. The first-order chi connectivity index (χ1) is 15.9. The van der Waals surface area contributed by atoms with Crippen molar-refractivity contribution in [3.05, 3.63) is 64.5 Å². The molecule has 3 aromatic rings. The van der Waals surface area contributed by atoms with Crippen molar-refractivity contribution in [1.82, 2.24) is 4.90 Å². The van der Waals surface area contributed by atoms with Crippen LogP contribution in [0.1, 0.15) is 31.2 Å². The van der Waals surface area contributed by atoms with Crippen LogP contribution in [0.25, 0.3) is 22.1 Å². The van der Waals surface area contributed by atoms with E-state index in [1.165, 1.54) is 31.9 Å². The van der Waals surface area contributed by atoms with Crippen LogP contribution in [0.4, 0.5) is 5.69 Å². The monoisotopic (exact) mass is 462 g/mol. The molecule has 6 nitrogen and oxygen atoms in total. The molecule has 5 rings (SSSR count). The number of benzene rings is 2. The third kappa shape index (κ3) is 4.82. The predicted octanol–water partition coefficient (Wildman–Crippen LogP) is 4.06. The molecular formula is C26H26N2O4S. The molecule has 1 aliphatic carbocycles. The molecule has 7 heteroatoms. The fourth-order valence-corrected chi connectivity index (χ4v) is 5.26. The van der Waals surface area contributed by atoms with Crippen molar-refractivity contribution in [2.75, 3.05) is 24.1 Å². The number of anilines is 1. The van der Waals surface area contributed by atoms with E-state index in [2.05, 4.69) is 21.5 Å². The highest BCUT2D eigenvalue weighted by molar-refractivity contribution is 7.92. The van der Waals surface area contributed by atoms with Gasteiger partial charge in [0.05, 0.1) is 17.2 Å². The van der Waals surface area contributed by atoms with Crippen LogP contribution in [0.3, 0.4) is 0 Å². The lowest BCUT2D eigenvalue weighted by Crippen LogP contribution is -2.50. The molecule has 2 aliphatic rings. The summed E-state index contributed by atoms with van der Waals surface area (Å²) in [5.74, 6) is 7.03. The van der Waals surface area contributed by atoms with E-state index in [4.69, 9.17) is 4.42 Å². The molecule has 2 heterocycles. The van der Waals surface area contributed by atoms with Gasteiger partial charge in [0.15, 0.2) is 5.43 Å². The molecule has 0 radical (unpaired) electrons. The first kappa shape index (κ1) is 21.7. The molecule has 0 unspecified atom stereocenters. The Labute approximate surface area is 193 Å². The lowest BCUT2D eigenvalue weighted by atomic mass is 9.97. The maximum atomic E-state index is 13.0. The van der Waals surface area contributed by atoms with Gasteiger partial charge in [-0.2, -0.15) is 0 Å². The highest BCUT2D eigenvalue weighted by Crippen LogP contribution is 2.29. The van der Waals surface area contributed by atoms with Gasteiger partial charge in [0.1, 0.15) is 11.8 Å². The fraction of sp³-hybridized carbons (Fsp3) is 0.346. The smallest absolute Gasteiger partial charge is 0.229 e. The van der Waals surface area contributed by atoms with E-state index in [1.54, 1.807) is 30.3 Å². The first-order valence-electron chi connectivity index (χ1n) is 11.3. The maximum Gasteiger partial charge on any atom is 0.229 e. The van der Waals surface area contributed by atoms with E-state index in [1.807, 2.05) is 12.1 Å². The van der Waals surface area contributed by atoms with Crippen LogP contribution < -0.4 is 10.2 Å². The quantitative estimate of drug-likeness (QED) is 0.592. The molecule has 2 aromatic carbocycles. The average molecular weight is 463 g/mol. The highest BCUT2D eigenvalue weighted by Gasteiger charge is 2.32. The normalized spacial score (nSPS) is 17.5. The number of hydrogen-bond donors (Lipinski definition) is 1. The van der Waals surface area contributed by atoms with Crippen LogP contribution in [-0.4, -0.2) is 38.7 Å². The van der Waals surface area contributed by atoms with Crippen molar-refractivity contribution < 1.29 is 12.8 Å². The largest absolute Gasteiger partial charge is 0.463 e. The van der Waals surface area contributed by atoms with Gasteiger partial charge in [-0.05, 0) is 48.7 Å². The Bertz CT molecular complexity index is 1400. The SMILES string of the molecule is CS(=O)(=O)Nc1ccc(-c2coc3cc(C#CC4CN(C5CCCC5)C4)ccc3c2=O)cc1. The van der Waals surface area contributed by atoms with E-state index < -0.39 is 10.0 Å². The van der Waals surface area contributed by atoms with Crippen molar-refractivity contribution >= 4 is 26.7 Å². The molecule has 33 heavy (non-hydrogen) atoms. The van der Waals surface area contributed by atoms with Crippen molar-refractivity contribution in [3.8, 4) is 23.0 Å². The summed E-state index contributed by atoms with van der Waals surface area (Å²) in [6.45, 7) is 2.12. The van der Waals surface area contributed by atoms with E-state index >= 15 is 0 Å². The molecule has 170 valence electrons. The summed E-state index contributed by atoms with van der Waals surface area (Å²) in [4.78, 5) is 15.6. The Kier molecular flexibility index (Phi) is 5.73. The minimum absolute atomic E-state index is 0.134. The summed E-state index contributed by atoms with van der Waals surface area (Å²) in [7, 11) is -3.35. The van der Waals surface area contributed by atoms with Crippen molar-refractivity contribution in [3.63, 3.8) is 0 Å². The Morgan fingerprint density at radius 2 is 1.79 bits per heavy atom. The first-order valence-corrected chi connectivity index (χ1v) is 13.1. The van der Waals surface area contributed by atoms with Gasteiger partial charge >= 0.3 is 0 Å². The van der Waals surface area contributed by atoms with Crippen molar-refractivity contribution in [1.29, 1.82) is 0 Å². The Morgan fingerprint density at radius 1 is 1.06 bits per heavy atom. The second-order valence-corrected chi connectivity index (χ2v) is 10.7. The summed E-state index contributed by atoms with van der Waals surface area (Å²) in [6.07, 6.45) is 7.91. The topological polar surface area (TPSA) is 79.6 Å². The number of rotatable bonds is 4. The Balaban J connectivity index is 1.32. The highest BCUT2D eigenvalue weighted by atomic mass is 32.2. The summed E-state index contributed by atoms with van der Waals surface area (Å²) in [5.41, 5.74) is 2.73. The van der Waals surface area contributed by atoms with E-state index in [0.29, 0.717) is 33.7 Å². The lowest BCUT2D eigenvalue weighted by Gasteiger charge is -2.40.